The highest BCUT2D eigenvalue weighted by molar-refractivity contribution is 6.02. The molecule has 0 saturated heterocycles. The van der Waals surface area contributed by atoms with E-state index in [0.717, 1.165) is 0 Å². The van der Waals surface area contributed by atoms with Gasteiger partial charge in [-0.05, 0) is 12.1 Å². The topological polar surface area (TPSA) is 114 Å². The van der Waals surface area contributed by atoms with Crippen molar-refractivity contribution in [2.75, 3.05) is 18.1 Å². The minimum Gasteiger partial charge on any atom is -0.482 e. The van der Waals surface area contributed by atoms with E-state index in [9.17, 15) is 19.7 Å². The molecule has 2 aromatic carbocycles. The summed E-state index contributed by atoms with van der Waals surface area (Å²) in [7, 11) is 0. The summed E-state index contributed by atoms with van der Waals surface area (Å²) in [5.41, 5.74) is 3.21. The van der Waals surface area contributed by atoms with Crippen LogP contribution in [0.3, 0.4) is 0 Å². The van der Waals surface area contributed by atoms with Crippen LogP contribution in [-0.4, -0.2) is 36.1 Å². The summed E-state index contributed by atoms with van der Waals surface area (Å²) >= 11 is 0. The number of hydrazone groups is 1. The fourth-order valence-corrected chi connectivity index (χ4v) is 2.40. The molecule has 26 heavy (non-hydrogen) atoms. The smallest absolute Gasteiger partial charge is 0.270 e. The van der Waals surface area contributed by atoms with Crippen molar-refractivity contribution >= 4 is 29.4 Å². The second-order valence-corrected chi connectivity index (χ2v) is 5.38. The summed E-state index contributed by atoms with van der Waals surface area (Å²) in [6.45, 7) is -0.354. The summed E-state index contributed by atoms with van der Waals surface area (Å²) in [6.07, 6.45) is 1.29. The number of ether oxygens (including phenoxy) is 1. The first-order chi connectivity index (χ1) is 12.5. The number of carbonyl (C=O) groups excluding carboxylic acids is 2. The van der Waals surface area contributed by atoms with Crippen LogP contribution >= 0.6 is 0 Å². The quantitative estimate of drug-likeness (QED) is 0.496. The van der Waals surface area contributed by atoms with Gasteiger partial charge in [0, 0.05) is 17.7 Å². The standard InChI is InChI=1S/C17H14N4O5/c22-16(19-18-9-12-4-3-5-13(8-12)21(24)25)10-20-14-6-1-2-7-15(14)26-11-17(20)23/h1-9H,10-11H2,(H,19,22)/b18-9-. The zero-order valence-electron chi connectivity index (χ0n) is 13.5. The van der Waals surface area contributed by atoms with Gasteiger partial charge in [-0.25, -0.2) is 5.43 Å². The minimum absolute atomic E-state index is 0.0733. The number of fused-ring (bicyclic) bond motifs is 1. The number of nitrogens with zero attached hydrogens (tertiary/aromatic N) is 3. The number of non-ortho nitro benzene ring substituents is 1. The monoisotopic (exact) mass is 354 g/mol. The third kappa shape index (κ3) is 3.83. The Labute approximate surface area is 148 Å². The van der Waals surface area contributed by atoms with Crippen molar-refractivity contribution < 1.29 is 19.2 Å². The normalized spacial score (nSPS) is 13.2. The molecular formula is C17H14N4O5. The average Bonchev–Trinajstić information content (AvgIpc) is 2.64. The molecule has 2 amide bonds. The number of benzene rings is 2. The Morgan fingerprint density at radius 2 is 2.12 bits per heavy atom. The molecule has 1 heterocycles. The van der Waals surface area contributed by atoms with E-state index in [2.05, 4.69) is 10.5 Å². The van der Waals surface area contributed by atoms with Gasteiger partial charge in [0.2, 0.25) is 0 Å². The molecule has 1 aliphatic rings. The molecule has 3 rings (SSSR count). The highest BCUT2D eigenvalue weighted by atomic mass is 16.6. The molecule has 0 aromatic heterocycles. The molecule has 0 saturated carbocycles. The maximum absolute atomic E-state index is 12.1. The number of nitrogens with one attached hydrogen (secondary N) is 1. The molecule has 0 atom stereocenters. The number of anilines is 1. The van der Waals surface area contributed by atoms with Crippen LogP contribution in [0.1, 0.15) is 5.56 Å². The van der Waals surface area contributed by atoms with E-state index in [1.807, 2.05) is 0 Å². The van der Waals surface area contributed by atoms with E-state index in [0.29, 0.717) is 17.0 Å². The first-order valence-corrected chi connectivity index (χ1v) is 7.63. The molecule has 9 heteroatoms. The van der Waals surface area contributed by atoms with E-state index < -0.39 is 10.8 Å². The van der Waals surface area contributed by atoms with Crippen molar-refractivity contribution in [3.63, 3.8) is 0 Å². The molecule has 0 aliphatic carbocycles. The van der Waals surface area contributed by atoms with Crippen molar-refractivity contribution in [2.24, 2.45) is 5.10 Å². The Kier molecular flexibility index (Phi) is 4.88. The third-order valence-electron chi connectivity index (χ3n) is 3.59. The molecule has 0 bridgehead atoms. The average molecular weight is 354 g/mol. The van der Waals surface area contributed by atoms with E-state index in [4.69, 9.17) is 4.74 Å². The lowest BCUT2D eigenvalue weighted by Gasteiger charge is -2.28. The molecule has 132 valence electrons. The number of hydrogen-bond acceptors (Lipinski definition) is 6. The molecule has 2 aromatic rings. The van der Waals surface area contributed by atoms with Crippen LogP contribution < -0.4 is 15.1 Å². The van der Waals surface area contributed by atoms with Gasteiger partial charge in [0.1, 0.15) is 12.3 Å². The third-order valence-corrected chi connectivity index (χ3v) is 3.59. The summed E-state index contributed by atoms with van der Waals surface area (Å²) in [5, 5.41) is 14.5. The summed E-state index contributed by atoms with van der Waals surface area (Å²) < 4.78 is 5.31. The van der Waals surface area contributed by atoms with Gasteiger partial charge < -0.3 is 4.74 Å². The molecule has 0 unspecified atom stereocenters. The molecule has 0 radical (unpaired) electrons. The number of amides is 2. The Bertz CT molecular complexity index is 896. The lowest BCUT2D eigenvalue weighted by Crippen LogP contribution is -2.44. The summed E-state index contributed by atoms with van der Waals surface area (Å²) in [4.78, 5) is 35.6. The molecule has 1 aliphatic heterocycles. The van der Waals surface area contributed by atoms with Crippen molar-refractivity contribution in [3.05, 3.63) is 64.2 Å². The summed E-state index contributed by atoms with van der Waals surface area (Å²) in [6, 6.07) is 12.7. The van der Waals surface area contributed by atoms with E-state index in [1.54, 1.807) is 30.3 Å². The van der Waals surface area contributed by atoms with Gasteiger partial charge in [0.15, 0.2) is 6.61 Å². The number of nitro benzene ring substituents is 1. The van der Waals surface area contributed by atoms with Gasteiger partial charge >= 0.3 is 0 Å². The lowest BCUT2D eigenvalue weighted by atomic mass is 10.2. The molecular weight excluding hydrogens is 340 g/mol. The van der Waals surface area contributed by atoms with Gasteiger partial charge in [0.25, 0.3) is 17.5 Å². The predicted octanol–water partition coefficient (Wildman–Crippen LogP) is 1.47. The van der Waals surface area contributed by atoms with Crippen LogP contribution in [0.2, 0.25) is 0 Å². The van der Waals surface area contributed by atoms with Gasteiger partial charge in [0.05, 0.1) is 16.8 Å². The molecule has 9 nitrogen and oxygen atoms in total. The van der Waals surface area contributed by atoms with Crippen molar-refractivity contribution in [1.29, 1.82) is 0 Å². The molecule has 0 fully saturated rings. The fourth-order valence-electron chi connectivity index (χ4n) is 2.40. The van der Waals surface area contributed by atoms with E-state index in [1.165, 1.54) is 29.3 Å². The van der Waals surface area contributed by atoms with E-state index >= 15 is 0 Å². The van der Waals surface area contributed by atoms with E-state index in [-0.39, 0.29) is 24.7 Å². The van der Waals surface area contributed by atoms with Gasteiger partial charge in [-0.15, -0.1) is 0 Å². The highest BCUT2D eigenvalue weighted by Gasteiger charge is 2.26. The zero-order chi connectivity index (χ0) is 18.5. The molecule has 1 N–H and O–H groups in total. The van der Waals surface area contributed by atoms with Crippen LogP contribution in [0.15, 0.2) is 53.6 Å². The predicted molar refractivity (Wildman–Crippen MR) is 93.1 cm³/mol. The Balaban J connectivity index is 1.64. The highest BCUT2D eigenvalue weighted by Crippen LogP contribution is 2.31. The van der Waals surface area contributed by atoms with Gasteiger partial charge in [-0.3, -0.25) is 24.6 Å². The number of carbonyl (C=O) groups is 2. The Hall–Kier alpha value is -3.75. The SMILES string of the molecule is O=C(CN1C(=O)COc2ccccc21)N/N=C\c1cccc([N+](=O)[O-])c1. The number of hydrogen-bond donors (Lipinski definition) is 1. The van der Waals surface area contributed by atoms with Crippen LogP contribution in [0.4, 0.5) is 11.4 Å². The van der Waals surface area contributed by atoms with Crippen LogP contribution in [0, 0.1) is 10.1 Å². The number of nitro groups is 1. The minimum atomic E-state index is -0.516. The summed E-state index contributed by atoms with van der Waals surface area (Å²) in [5.74, 6) is -0.307. The van der Waals surface area contributed by atoms with Crippen molar-refractivity contribution in [3.8, 4) is 5.75 Å². The maximum atomic E-state index is 12.1. The first-order valence-electron chi connectivity index (χ1n) is 7.63. The number of para-hydroxylation sites is 2. The first kappa shape index (κ1) is 17.1. The van der Waals surface area contributed by atoms with Crippen molar-refractivity contribution in [1.82, 2.24) is 5.43 Å². The fraction of sp³-hybridized carbons (Fsp3) is 0.118. The molecule has 0 spiro atoms. The lowest BCUT2D eigenvalue weighted by molar-refractivity contribution is -0.384. The maximum Gasteiger partial charge on any atom is 0.270 e. The van der Waals surface area contributed by atoms with Crippen molar-refractivity contribution in [2.45, 2.75) is 0 Å². The number of rotatable bonds is 5. The van der Waals surface area contributed by atoms with Crippen LogP contribution in [0.25, 0.3) is 0 Å². The Morgan fingerprint density at radius 3 is 2.92 bits per heavy atom. The largest absolute Gasteiger partial charge is 0.482 e. The zero-order valence-corrected chi connectivity index (χ0v) is 13.5. The van der Waals surface area contributed by atoms with Crippen LogP contribution in [0.5, 0.6) is 5.75 Å². The van der Waals surface area contributed by atoms with Gasteiger partial charge in [-0.2, -0.15) is 5.10 Å². The Morgan fingerprint density at radius 1 is 1.31 bits per heavy atom. The second kappa shape index (κ2) is 7.43. The second-order valence-electron chi connectivity index (χ2n) is 5.38. The van der Waals surface area contributed by atoms with Crippen LogP contribution in [-0.2, 0) is 9.59 Å². The van der Waals surface area contributed by atoms with Gasteiger partial charge in [-0.1, -0.05) is 24.3 Å².